The topological polar surface area (TPSA) is 46.6 Å². The molecule has 0 N–H and O–H groups in total. The third-order valence-corrected chi connectivity index (χ3v) is 7.41. The summed E-state index contributed by atoms with van der Waals surface area (Å²) in [4.78, 5) is 28.8. The first-order chi connectivity index (χ1) is 15.9. The average Bonchev–Trinajstić information content (AvgIpc) is 2.79. The van der Waals surface area contributed by atoms with Crippen LogP contribution in [0.3, 0.4) is 0 Å². The molecule has 0 spiro atoms. The van der Waals surface area contributed by atoms with Gasteiger partial charge in [0.25, 0.3) is 5.91 Å². The lowest BCUT2D eigenvalue weighted by Gasteiger charge is -2.48. The highest BCUT2D eigenvalue weighted by atomic mass is 35.5. The number of halogens is 1. The summed E-state index contributed by atoms with van der Waals surface area (Å²) in [7, 11) is 0. The van der Waals surface area contributed by atoms with E-state index >= 15 is 0 Å². The van der Waals surface area contributed by atoms with Gasteiger partial charge in [-0.2, -0.15) is 0 Å². The Labute approximate surface area is 201 Å². The van der Waals surface area contributed by atoms with Crippen molar-refractivity contribution < 1.29 is 18.8 Å². The number of benzene rings is 2. The molecule has 2 heterocycles. The molecule has 176 valence electrons. The maximum Gasteiger partial charge on any atom is 0.362 e. The molecule has 0 aromatic heterocycles. The summed E-state index contributed by atoms with van der Waals surface area (Å²) in [6.07, 6.45) is 4.96. The van der Waals surface area contributed by atoms with Crippen LogP contribution in [0.25, 0.3) is 0 Å². The van der Waals surface area contributed by atoms with E-state index in [1.807, 2.05) is 61.2 Å². The van der Waals surface area contributed by atoms with Crippen LogP contribution in [-0.2, 0) is 20.9 Å². The van der Waals surface area contributed by atoms with Crippen molar-refractivity contribution in [1.82, 2.24) is 0 Å². The van der Waals surface area contributed by atoms with E-state index in [1.165, 1.54) is 0 Å². The predicted molar refractivity (Wildman–Crippen MR) is 131 cm³/mol. The van der Waals surface area contributed by atoms with Crippen LogP contribution in [-0.4, -0.2) is 48.6 Å². The molecular formula is C27H34ClN2O3+. The first-order valence-corrected chi connectivity index (χ1v) is 12.4. The van der Waals surface area contributed by atoms with Crippen molar-refractivity contribution in [3.05, 3.63) is 64.2 Å². The molecule has 2 saturated heterocycles. The minimum Gasteiger partial charge on any atom is -0.457 e. The van der Waals surface area contributed by atoms with E-state index in [0.717, 1.165) is 67.6 Å². The molecule has 0 bridgehead atoms. The number of amides is 1. The van der Waals surface area contributed by atoms with Crippen molar-refractivity contribution in [2.75, 3.05) is 31.1 Å². The van der Waals surface area contributed by atoms with Crippen molar-refractivity contribution >= 4 is 29.2 Å². The smallest absolute Gasteiger partial charge is 0.362 e. The number of aryl methyl sites for hydroxylation is 2. The van der Waals surface area contributed by atoms with Crippen molar-refractivity contribution in [2.24, 2.45) is 0 Å². The van der Waals surface area contributed by atoms with Gasteiger partial charge in [-0.15, -0.1) is 0 Å². The van der Waals surface area contributed by atoms with Gasteiger partial charge in [-0.3, -0.25) is 4.79 Å². The summed E-state index contributed by atoms with van der Waals surface area (Å²) in [6, 6.07) is 13.4. The highest BCUT2D eigenvalue weighted by molar-refractivity contribution is 6.30. The second-order valence-corrected chi connectivity index (χ2v) is 10.0. The molecule has 2 aromatic carbocycles. The highest BCUT2D eigenvalue weighted by Gasteiger charge is 2.48. The van der Waals surface area contributed by atoms with Gasteiger partial charge in [0, 0.05) is 23.7 Å². The fourth-order valence-electron chi connectivity index (χ4n) is 5.68. The summed E-state index contributed by atoms with van der Waals surface area (Å²) >= 11 is 6.24. The van der Waals surface area contributed by atoms with E-state index < -0.39 is 0 Å². The van der Waals surface area contributed by atoms with Gasteiger partial charge in [-0.1, -0.05) is 41.9 Å². The summed E-state index contributed by atoms with van der Waals surface area (Å²) < 4.78 is 6.17. The molecule has 5 nitrogen and oxygen atoms in total. The number of rotatable bonds is 6. The van der Waals surface area contributed by atoms with Crippen molar-refractivity contribution in [3.63, 3.8) is 0 Å². The molecule has 1 unspecified atom stereocenters. The van der Waals surface area contributed by atoms with Crippen LogP contribution in [0.4, 0.5) is 5.69 Å². The van der Waals surface area contributed by atoms with Crippen LogP contribution in [0, 0.1) is 13.8 Å². The monoisotopic (exact) mass is 469 g/mol. The molecule has 2 aliphatic heterocycles. The van der Waals surface area contributed by atoms with Gasteiger partial charge >= 0.3 is 5.97 Å². The third kappa shape index (κ3) is 5.25. The van der Waals surface area contributed by atoms with Crippen LogP contribution in [0.1, 0.15) is 48.8 Å². The number of likely N-dealkylation sites (tertiary alicyclic amines) is 1. The van der Waals surface area contributed by atoms with Gasteiger partial charge in [0.05, 0.1) is 13.1 Å². The Morgan fingerprint density at radius 3 is 2.39 bits per heavy atom. The number of ether oxygens (including phenoxy) is 1. The average molecular weight is 470 g/mol. The molecule has 0 aliphatic carbocycles. The molecule has 0 saturated carbocycles. The summed E-state index contributed by atoms with van der Waals surface area (Å²) in [5.74, 6) is -0.0861. The number of anilines is 1. The fourth-order valence-corrected chi connectivity index (χ4v) is 6.01. The van der Waals surface area contributed by atoms with E-state index in [9.17, 15) is 9.59 Å². The second kappa shape index (κ2) is 10.3. The largest absolute Gasteiger partial charge is 0.457 e. The van der Waals surface area contributed by atoms with E-state index in [2.05, 4.69) is 0 Å². The highest BCUT2D eigenvalue weighted by Crippen LogP contribution is 2.35. The first-order valence-electron chi connectivity index (χ1n) is 12.0. The summed E-state index contributed by atoms with van der Waals surface area (Å²) in [5.41, 5.74) is 3.98. The van der Waals surface area contributed by atoms with E-state index in [4.69, 9.17) is 16.3 Å². The number of carbonyl (C=O) groups is 2. The molecule has 1 amide bonds. The molecule has 2 aromatic rings. The first kappa shape index (κ1) is 23.8. The Balaban J connectivity index is 1.55. The van der Waals surface area contributed by atoms with Crippen LogP contribution in [0.15, 0.2) is 42.5 Å². The zero-order chi connectivity index (χ0) is 23.4. The second-order valence-electron chi connectivity index (χ2n) is 9.57. The van der Waals surface area contributed by atoms with Crippen molar-refractivity contribution in [2.45, 2.75) is 58.6 Å². The predicted octanol–water partition coefficient (Wildman–Crippen LogP) is 5.20. The fraction of sp³-hybridized carbons (Fsp3) is 0.481. The van der Waals surface area contributed by atoms with E-state index in [0.29, 0.717) is 16.1 Å². The van der Waals surface area contributed by atoms with Crippen molar-refractivity contribution in [3.8, 4) is 0 Å². The van der Waals surface area contributed by atoms with Crippen LogP contribution >= 0.6 is 11.6 Å². The third-order valence-electron chi connectivity index (χ3n) is 7.19. The lowest BCUT2D eigenvalue weighted by Crippen LogP contribution is -2.66. The van der Waals surface area contributed by atoms with E-state index in [1.54, 1.807) is 0 Å². The molecule has 33 heavy (non-hydrogen) atoms. The zero-order valence-corrected chi connectivity index (χ0v) is 20.4. The molecular weight excluding hydrogens is 436 g/mol. The standard InChI is InChI=1S/C27H34ClN2O3/c1-20-16-23(28)17-21(2)26(20)29-13-9-12-24(27(29)32)30(14-7-4-8-15-30)18-25(31)33-19-22-10-5-3-6-11-22/h3,5-6,10-11,16-17,24H,4,7-9,12-15,18-19H2,1-2H3/q+1. The Bertz CT molecular complexity index is 979. The van der Waals surface area contributed by atoms with Gasteiger partial charge in [0.1, 0.15) is 6.61 Å². The lowest BCUT2D eigenvalue weighted by atomic mass is 9.94. The Morgan fingerprint density at radius 1 is 1.06 bits per heavy atom. The number of carbonyl (C=O) groups excluding carboxylic acids is 2. The van der Waals surface area contributed by atoms with Crippen molar-refractivity contribution in [1.29, 1.82) is 0 Å². The van der Waals surface area contributed by atoms with Crippen LogP contribution in [0.5, 0.6) is 0 Å². The lowest BCUT2D eigenvalue weighted by molar-refractivity contribution is -0.940. The van der Waals surface area contributed by atoms with Gasteiger partial charge in [-0.25, -0.2) is 4.79 Å². The van der Waals surface area contributed by atoms with Crippen LogP contribution < -0.4 is 4.90 Å². The summed E-state index contributed by atoms with van der Waals surface area (Å²) in [6.45, 7) is 6.96. The molecule has 2 fully saturated rings. The van der Waals surface area contributed by atoms with Gasteiger partial charge in [0.15, 0.2) is 12.6 Å². The normalized spacial score (nSPS) is 20.5. The number of esters is 1. The minimum atomic E-state index is -0.218. The quantitative estimate of drug-likeness (QED) is 0.431. The molecule has 0 radical (unpaired) electrons. The summed E-state index contributed by atoms with van der Waals surface area (Å²) in [5, 5.41) is 0.690. The van der Waals surface area contributed by atoms with Gasteiger partial charge in [0.2, 0.25) is 0 Å². The number of hydrogen-bond acceptors (Lipinski definition) is 3. The Kier molecular flexibility index (Phi) is 7.40. The van der Waals surface area contributed by atoms with Gasteiger partial charge < -0.3 is 14.1 Å². The zero-order valence-electron chi connectivity index (χ0n) is 19.7. The SMILES string of the molecule is Cc1cc(Cl)cc(C)c1N1CCCC([N+]2(CC(=O)OCc3ccccc3)CCCCC2)C1=O. The Morgan fingerprint density at radius 2 is 1.73 bits per heavy atom. The number of hydrogen-bond donors (Lipinski definition) is 0. The number of quaternary nitrogens is 1. The van der Waals surface area contributed by atoms with E-state index in [-0.39, 0.29) is 31.1 Å². The molecule has 4 rings (SSSR count). The molecule has 6 heteroatoms. The minimum absolute atomic E-state index is 0.132. The molecule has 1 atom stereocenters. The van der Waals surface area contributed by atoms with Crippen LogP contribution in [0.2, 0.25) is 5.02 Å². The maximum absolute atomic E-state index is 13.9. The number of piperidine rings is 2. The maximum atomic E-state index is 13.9. The number of nitrogens with zero attached hydrogens (tertiary/aromatic N) is 2. The van der Waals surface area contributed by atoms with Gasteiger partial charge in [-0.05, 0) is 68.4 Å². The molecule has 2 aliphatic rings. The Hall–Kier alpha value is -2.37.